The van der Waals surface area contributed by atoms with E-state index in [9.17, 15) is 18.0 Å². The van der Waals surface area contributed by atoms with Crippen molar-refractivity contribution in [2.75, 3.05) is 26.2 Å². The van der Waals surface area contributed by atoms with Gasteiger partial charge in [0.25, 0.3) is 0 Å². The Morgan fingerprint density at radius 1 is 1.15 bits per heavy atom. The van der Waals surface area contributed by atoms with Gasteiger partial charge >= 0.3 is 0 Å². The molecule has 142 valence electrons. The van der Waals surface area contributed by atoms with Crippen molar-refractivity contribution in [2.24, 2.45) is 0 Å². The van der Waals surface area contributed by atoms with Gasteiger partial charge in [0, 0.05) is 32.6 Å². The summed E-state index contributed by atoms with van der Waals surface area (Å²) >= 11 is 0. The molecule has 1 atom stereocenters. The van der Waals surface area contributed by atoms with Crippen molar-refractivity contribution in [3.8, 4) is 0 Å². The van der Waals surface area contributed by atoms with Crippen LogP contribution in [0.5, 0.6) is 0 Å². The molecule has 2 fully saturated rings. The Morgan fingerprint density at radius 2 is 1.81 bits per heavy atom. The fourth-order valence-electron chi connectivity index (χ4n) is 3.43. The van der Waals surface area contributed by atoms with Gasteiger partial charge < -0.3 is 10.2 Å². The second-order valence-electron chi connectivity index (χ2n) is 6.78. The zero-order valence-corrected chi connectivity index (χ0v) is 15.8. The summed E-state index contributed by atoms with van der Waals surface area (Å²) < 4.78 is 27.0. The molecule has 1 aromatic carbocycles. The Labute approximate surface area is 154 Å². The maximum atomic E-state index is 12.8. The molecule has 0 aromatic heterocycles. The molecule has 7 nitrogen and oxygen atoms in total. The van der Waals surface area contributed by atoms with Gasteiger partial charge in [-0.3, -0.25) is 9.59 Å². The Morgan fingerprint density at radius 3 is 2.35 bits per heavy atom. The smallest absolute Gasteiger partial charge is 0.245 e. The largest absolute Gasteiger partial charge is 0.344 e. The summed E-state index contributed by atoms with van der Waals surface area (Å²) in [5.41, 5.74) is 1.13. The quantitative estimate of drug-likeness (QED) is 0.818. The number of aryl methyl sites for hydroxylation is 1. The van der Waals surface area contributed by atoms with Crippen molar-refractivity contribution in [1.29, 1.82) is 0 Å². The molecule has 0 saturated carbocycles. The third-order valence-electron chi connectivity index (χ3n) is 4.94. The molecule has 3 rings (SSSR count). The number of carbonyl (C=O) groups excluding carboxylic acids is 2. The number of piperazine rings is 1. The predicted octanol–water partition coefficient (Wildman–Crippen LogP) is 0.751. The van der Waals surface area contributed by atoms with Crippen molar-refractivity contribution in [1.82, 2.24) is 14.5 Å². The van der Waals surface area contributed by atoms with Crippen molar-refractivity contribution in [3.63, 3.8) is 0 Å². The van der Waals surface area contributed by atoms with Crippen LogP contribution in [0.25, 0.3) is 0 Å². The number of hydrogen-bond donors (Lipinski definition) is 1. The van der Waals surface area contributed by atoms with E-state index in [0.717, 1.165) is 18.4 Å². The first-order valence-corrected chi connectivity index (χ1v) is 10.5. The highest BCUT2D eigenvalue weighted by Gasteiger charge is 2.34. The Bertz CT molecular complexity index is 768. The number of rotatable bonds is 5. The van der Waals surface area contributed by atoms with Gasteiger partial charge in [-0.1, -0.05) is 25.5 Å². The van der Waals surface area contributed by atoms with E-state index in [2.05, 4.69) is 12.2 Å². The van der Waals surface area contributed by atoms with E-state index in [-0.39, 0.29) is 24.9 Å². The Balaban J connectivity index is 1.61. The highest BCUT2D eigenvalue weighted by atomic mass is 32.2. The number of sulfonamides is 1. The maximum absolute atomic E-state index is 12.8. The molecule has 2 aliphatic heterocycles. The molecule has 1 N–H and O–H groups in total. The standard InChI is InChI=1S/C18H25N3O4S/c1-2-3-14-4-6-15(7-5-14)26(24,25)21-12-10-20(11-13-21)18(23)16-8-9-17(22)19-16/h4-7,16H,2-3,8-13H2,1H3,(H,19,22)/t16-/m1/s1. The van der Waals surface area contributed by atoms with Gasteiger partial charge in [-0.25, -0.2) is 8.42 Å². The molecule has 2 heterocycles. The summed E-state index contributed by atoms with van der Waals surface area (Å²) in [4.78, 5) is 25.6. The first-order valence-electron chi connectivity index (χ1n) is 9.09. The zero-order valence-electron chi connectivity index (χ0n) is 15.0. The van der Waals surface area contributed by atoms with E-state index < -0.39 is 16.1 Å². The highest BCUT2D eigenvalue weighted by Crippen LogP contribution is 2.20. The lowest BCUT2D eigenvalue weighted by Gasteiger charge is -2.35. The van der Waals surface area contributed by atoms with Crippen LogP contribution in [0.15, 0.2) is 29.2 Å². The van der Waals surface area contributed by atoms with E-state index in [1.54, 1.807) is 17.0 Å². The molecule has 0 spiro atoms. The van der Waals surface area contributed by atoms with Crippen LogP contribution in [0.4, 0.5) is 0 Å². The van der Waals surface area contributed by atoms with E-state index in [0.29, 0.717) is 30.8 Å². The van der Waals surface area contributed by atoms with Crippen LogP contribution in [-0.4, -0.2) is 61.7 Å². The minimum atomic E-state index is -3.55. The Kier molecular flexibility index (Phi) is 5.62. The molecule has 0 radical (unpaired) electrons. The van der Waals surface area contributed by atoms with Gasteiger partial charge in [-0.15, -0.1) is 0 Å². The molecule has 8 heteroatoms. The summed E-state index contributed by atoms with van der Waals surface area (Å²) in [6.45, 7) is 3.32. The number of carbonyl (C=O) groups is 2. The fraction of sp³-hybridized carbons (Fsp3) is 0.556. The van der Waals surface area contributed by atoms with Crippen LogP contribution in [0.2, 0.25) is 0 Å². The van der Waals surface area contributed by atoms with E-state index in [4.69, 9.17) is 0 Å². The van der Waals surface area contributed by atoms with Crippen molar-refractivity contribution in [2.45, 2.75) is 43.5 Å². The molecule has 2 aliphatic rings. The second-order valence-corrected chi connectivity index (χ2v) is 8.72. The first-order chi connectivity index (χ1) is 12.4. The molecule has 0 aliphatic carbocycles. The average molecular weight is 379 g/mol. The third kappa shape index (κ3) is 3.91. The molecular formula is C18H25N3O4S. The maximum Gasteiger partial charge on any atom is 0.245 e. The monoisotopic (exact) mass is 379 g/mol. The van der Waals surface area contributed by atoms with Crippen LogP contribution in [0.1, 0.15) is 31.7 Å². The van der Waals surface area contributed by atoms with Crippen LogP contribution < -0.4 is 5.32 Å². The van der Waals surface area contributed by atoms with E-state index >= 15 is 0 Å². The lowest BCUT2D eigenvalue weighted by Crippen LogP contribution is -2.54. The minimum absolute atomic E-state index is 0.101. The summed E-state index contributed by atoms with van der Waals surface area (Å²) in [5, 5.41) is 2.67. The van der Waals surface area contributed by atoms with Crippen LogP contribution in [0, 0.1) is 0 Å². The fourth-order valence-corrected chi connectivity index (χ4v) is 4.86. The molecule has 1 aromatic rings. The zero-order chi connectivity index (χ0) is 18.7. The number of benzene rings is 1. The van der Waals surface area contributed by atoms with Crippen molar-refractivity contribution in [3.05, 3.63) is 29.8 Å². The predicted molar refractivity (Wildman–Crippen MR) is 96.9 cm³/mol. The molecule has 2 saturated heterocycles. The second kappa shape index (κ2) is 7.75. The molecule has 2 amide bonds. The molecule has 0 bridgehead atoms. The van der Waals surface area contributed by atoms with Gasteiger partial charge in [0.1, 0.15) is 6.04 Å². The van der Waals surface area contributed by atoms with Gasteiger partial charge in [0.2, 0.25) is 21.8 Å². The van der Waals surface area contributed by atoms with Gasteiger partial charge in [-0.2, -0.15) is 4.31 Å². The van der Waals surface area contributed by atoms with Crippen LogP contribution >= 0.6 is 0 Å². The lowest BCUT2D eigenvalue weighted by molar-refractivity contribution is -0.135. The number of amides is 2. The summed E-state index contributed by atoms with van der Waals surface area (Å²) in [6, 6.07) is 6.58. The molecule has 26 heavy (non-hydrogen) atoms. The normalized spacial score (nSPS) is 21.7. The number of nitrogens with zero attached hydrogens (tertiary/aromatic N) is 2. The number of hydrogen-bond acceptors (Lipinski definition) is 4. The molecule has 0 unspecified atom stereocenters. The van der Waals surface area contributed by atoms with Crippen molar-refractivity contribution >= 4 is 21.8 Å². The van der Waals surface area contributed by atoms with E-state index in [1.807, 2.05) is 12.1 Å². The van der Waals surface area contributed by atoms with Gasteiger partial charge in [-0.05, 0) is 30.5 Å². The third-order valence-corrected chi connectivity index (χ3v) is 6.86. The number of nitrogens with one attached hydrogen (secondary N) is 1. The van der Waals surface area contributed by atoms with Crippen LogP contribution in [-0.2, 0) is 26.0 Å². The SMILES string of the molecule is CCCc1ccc(S(=O)(=O)N2CCN(C(=O)[C@H]3CCC(=O)N3)CC2)cc1. The minimum Gasteiger partial charge on any atom is -0.344 e. The Hall–Kier alpha value is -1.93. The van der Waals surface area contributed by atoms with Crippen molar-refractivity contribution < 1.29 is 18.0 Å². The first kappa shape index (κ1) is 18.8. The lowest BCUT2D eigenvalue weighted by atomic mass is 10.1. The summed E-state index contributed by atoms with van der Waals surface area (Å²) in [5.74, 6) is -0.215. The average Bonchev–Trinajstić information content (AvgIpc) is 3.08. The highest BCUT2D eigenvalue weighted by molar-refractivity contribution is 7.89. The van der Waals surface area contributed by atoms with Crippen LogP contribution in [0.3, 0.4) is 0 Å². The topological polar surface area (TPSA) is 86.8 Å². The summed E-state index contributed by atoms with van der Waals surface area (Å²) in [7, 11) is -3.55. The van der Waals surface area contributed by atoms with Gasteiger partial charge in [0.05, 0.1) is 4.90 Å². The molecular weight excluding hydrogens is 354 g/mol. The van der Waals surface area contributed by atoms with E-state index in [1.165, 1.54) is 4.31 Å². The van der Waals surface area contributed by atoms with Gasteiger partial charge in [0.15, 0.2) is 0 Å². The summed E-state index contributed by atoms with van der Waals surface area (Å²) in [6.07, 6.45) is 2.83.